The second-order valence-corrected chi connectivity index (χ2v) is 5.02. The summed E-state index contributed by atoms with van der Waals surface area (Å²) in [6.07, 6.45) is 0. The molecule has 19 heavy (non-hydrogen) atoms. The molecule has 0 aliphatic carbocycles. The zero-order valence-corrected chi connectivity index (χ0v) is 13.5. The lowest BCUT2D eigenvalue weighted by atomic mass is 10.1. The number of halogens is 4. The summed E-state index contributed by atoms with van der Waals surface area (Å²) in [5, 5.41) is 12.7. The van der Waals surface area contributed by atoms with Crippen LogP contribution in [0.3, 0.4) is 0 Å². The monoisotopic (exact) mass is 374 g/mol. The molecule has 2 N–H and O–H groups in total. The summed E-state index contributed by atoms with van der Waals surface area (Å²) in [4.78, 5) is 2.13. The van der Waals surface area contributed by atoms with Gasteiger partial charge in [0.15, 0.2) is 0 Å². The van der Waals surface area contributed by atoms with E-state index in [0.29, 0.717) is 4.47 Å². The third-order valence-electron chi connectivity index (χ3n) is 3.10. The average molecular weight is 376 g/mol. The van der Waals surface area contributed by atoms with Crippen molar-refractivity contribution in [2.75, 3.05) is 32.9 Å². The van der Waals surface area contributed by atoms with E-state index in [1.54, 1.807) is 18.2 Å². The molecule has 1 heterocycles. The second-order valence-electron chi connectivity index (χ2n) is 4.17. The number of nitrogens with zero attached hydrogens (tertiary/aromatic N) is 1. The van der Waals surface area contributed by atoms with E-state index in [0.717, 1.165) is 31.7 Å². The number of hydrogen-bond acceptors (Lipinski definition) is 3. The van der Waals surface area contributed by atoms with Crippen molar-refractivity contribution in [3.63, 3.8) is 0 Å². The lowest BCUT2D eigenvalue weighted by Gasteiger charge is -2.33. The van der Waals surface area contributed by atoms with Gasteiger partial charge in [-0.05, 0) is 33.6 Å². The number of benzene rings is 1. The van der Waals surface area contributed by atoms with Crippen molar-refractivity contribution in [2.45, 2.75) is 6.04 Å². The second kappa shape index (κ2) is 8.97. The van der Waals surface area contributed by atoms with Crippen LogP contribution in [0.5, 0.6) is 5.75 Å². The van der Waals surface area contributed by atoms with E-state index in [-0.39, 0.29) is 36.6 Å². The van der Waals surface area contributed by atoms with E-state index in [9.17, 15) is 9.50 Å². The normalized spacial score (nSPS) is 17.2. The lowest BCUT2D eigenvalue weighted by molar-refractivity contribution is 0.147. The van der Waals surface area contributed by atoms with Crippen molar-refractivity contribution in [2.24, 2.45) is 0 Å². The van der Waals surface area contributed by atoms with E-state index >= 15 is 0 Å². The van der Waals surface area contributed by atoms with Crippen molar-refractivity contribution in [1.29, 1.82) is 0 Å². The van der Waals surface area contributed by atoms with E-state index in [2.05, 4.69) is 26.1 Å². The summed E-state index contributed by atoms with van der Waals surface area (Å²) < 4.78 is 13.8. The Morgan fingerprint density at radius 2 is 1.95 bits per heavy atom. The van der Waals surface area contributed by atoms with Crippen molar-refractivity contribution in [3.8, 4) is 5.75 Å². The average Bonchev–Trinajstić information content (AvgIpc) is 2.36. The zero-order chi connectivity index (χ0) is 12.3. The first-order chi connectivity index (χ1) is 8.22. The van der Waals surface area contributed by atoms with Gasteiger partial charge in [0, 0.05) is 26.2 Å². The number of aromatic hydroxyl groups is 1. The molecule has 1 saturated heterocycles. The summed E-state index contributed by atoms with van der Waals surface area (Å²) in [6.45, 7) is 3.10. The van der Waals surface area contributed by atoms with Crippen LogP contribution in [0, 0.1) is 0 Å². The van der Waals surface area contributed by atoms with Gasteiger partial charge in [0.25, 0.3) is 0 Å². The van der Waals surface area contributed by atoms with Gasteiger partial charge >= 0.3 is 0 Å². The minimum Gasteiger partial charge on any atom is -0.507 e. The Labute approximate surface area is 133 Å². The first-order valence-corrected chi connectivity index (χ1v) is 6.51. The third kappa shape index (κ3) is 4.76. The van der Waals surface area contributed by atoms with E-state index in [4.69, 9.17) is 0 Å². The van der Waals surface area contributed by atoms with Gasteiger partial charge in [-0.2, -0.15) is 0 Å². The molecular weight excluding hydrogens is 358 g/mol. The number of nitrogens with one attached hydrogen (secondary N) is 1. The van der Waals surface area contributed by atoms with Crippen LogP contribution < -0.4 is 5.32 Å². The standard InChI is InChI=1S/C12H16BrFN2O.2ClH/c13-10-7-9(1-2-12(10)17)11(8-14)16-5-3-15-4-6-16;;/h1-2,7,11,15,17H,3-6,8H2;2*1H/t11-;;/m1../s1. The number of phenols is 1. The maximum Gasteiger partial charge on any atom is 0.129 e. The molecule has 1 atom stereocenters. The summed E-state index contributed by atoms with van der Waals surface area (Å²) in [5.41, 5.74) is 0.902. The molecule has 0 amide bonds. The molecule has 1 aliphatic rings. The number of phenolic OH excluding ortho intramolecular Hbond substituents is 1. The minimum absolute atomic E-state index is 0. The highest BCUT2D eigenvalue weighted by atomic mass is 79.9. The van der Waals surface area contributed by atoms with Gasteiger partial charge in [-0.15, -0.1) is 24.8 Å². The Morgan fingerprint density at radius 3 is 2.47 bits per heavy atom. The van der Waals surface area contributed by atoms with Crippen LogP contribution in [0.1, 0.15) is 11.6 Å². The molecule has 0 saturated carbocycles. The molecular formula is C12H18BrCl2FN2O. The Hall–Kier alpha value is -0.0700. The molecule has 0 aromatic heterocycles. The molecule has 1 aromatic carbocycles. The molecule has 0 unspecified atom stereocenters. The Balaban J connectivity index is 0.00000162. The number of hydrogen-bond donors (Lipinski definition) is 2. The van der Waals surface area contributed by atoms with Crippen molar-refractivity contribution in [1.82, 2.24) is 10.2 Å². The van der Waals surface area contributed by atoms with Crippen LogP contribution in [-0.4, -0.2) is 42.9 Å². The Kier molecular flexibility index (Phi) is 8.94. The molecule has 1 fully saturated rings. The summed E-state index contributed by atoms with van der Waals surface area (Å²) in [6, 6.07) is 4.96. The lowest BCUT2D eigenvalue weighted by Crippen LogP contribution is -2.45. The fourth-order valence-corrected chi connectivity index (χ4v) is 2.52. The van der Waals surface area contributed by atoms with Crippen molar-refractivity contribution < 1.29 is 9.50 Å². The maximum atomic E-state index is 13.2. The SMILES string of the molecule is Cl.Cl.Oc1ccc([C@@H](CF)N2CCNCC2)cc1Br. The first kappa shape index (κ1) is 18.9. The quantitative estimate of drug-likeness (QED) is 0.852. The highest BCUT2D eigenvalue weighted by Gasteiger charge is 2.22. The molecule has 1 aliphatic heterocycles. The summed E-state index contributed by atoms with van der Waals surface area (Å²) >= 11 is 3.26. The maximum absolute atomic E-state index is 13.2. The van der Waals surface area contributed by atoms with E-state index in [1.165, 1.54) is 0 Å². The molecule has 1 aromatic rings. The molecule has 110 valence electrons. The molecule has 7 heteroatoms. The Morgan fingerprint density at radius 1 is 1.32 bits per heavy atom. The number of piperazine rings is 1. The molecule has 0 bridgehead atoms. The van der Waals surface area contributed by atoms with Gasteiger partial charge in [0.1, 0.15) is 12.4 Å². The predicted octanol–water partition coefficient (Wildman–Crippen LogP) is 2.91. The molecule has 3 nitrogen and oxygen atoms in total. The van der Waals surface area contributed by atoms with Crippen molar-refractivity contribution >= 4 is 40.7 Å². The van der Waals surface area contributed by atoms with Crippen LogP contribution in [0.4, 0.5) is 4.39 Å². The van der Waals surface area contributed by atoms with Crippen LogP contribution in [0.15, 0.2) is 22.7 Å². The van der Waals surface area contributed by atoms with Crippen LogP contribution in [0.25, 0.3) is 0 Å². The molecule has 0 spiro atoms. The van der Waals surface area contributed by atoms with Gasteiger partial charge in [-0.3, -0.25) is 4.90 Å². The largest absolute Gasteiger partial charge is 0.507 e. The summed E-state index contributed by atoms with van der Waals surface area (Å²) in [5.74, 6) is 0.187. The van der Waals surface area contributed by atoms with Crippen LogP contribution >= 0.6 is 40.7 Å². The smallest absolute Gasteiger partial charge is 0.129 e. The first-order valence-electron chi connectivity index (χ1n) is 5.71. The van der Waals surface area contributed by atoms with Crippen LogP contribution in [0.2, 0.25) is 0 Å². The van der Waals surface area contributed by atoms with Crippen LogP contribution in [-0.2, 0) is 0 Å². The van der Waals surface area contributed by atoms with Crippen molar-refractivity contribution in [3.05, 3.63) is 28.2 Å². The highest BCUT2D eigenvalue weighted by Crippen LogP contribution is 2.29. The fourth-order valence-electron chi connectivity index (χ4n) is 2.12. The van der Waals surface area contributed by atoms with Gasteiger partial charge < -0.3 is 10.4 Å². The minimum atomic E-state index is -0.406. The Bertz CT molecular complexity index is 392. The third-order valence-corrected chi connectivity index (χ3v) is 3.73. The molecule has 2 rings (SSSR count). The number of rotatable bonds is 3. The van der Waals surface area contributed by atoms with Gasteiger partial charge in [-0.25, -0.2) is 4.39 Å². The highest BCUT2D eigenvalue weighted by molar-refractivity contribution is 9.10. The van der Waals surface area contributed by atoms with Gasteiger partial charge in [-0.1, -0.05) is 6.07 Å². The summed E-state index contributed by atoms with van der Waals surface area (Å²) in [7, 11) is 0. The fraction of sp³-hybridized carbons (Fsp3) is 0.500. The van der Waals surface area contributed by atoms with Gasteiger partial charge in [0.2, 0.25) is 0 Å². The topological polar surface area (TPSA) is 35.5 Å². The molecule has 0 radical (unpaired) electrons. The predicted molar refractivity (Wildman–Crippen MR) is 83.5 cm³/mol. The number of alkyl halides is 1. The van der Waals surface area contributed by atoms with E-state index in [1.807, 2.05) is 0 Å². The zero-order valence-electron chi connectivity index (χ0n) is 10.3. The van der Waals surface area contributed by atoms with E-state index < -0.39 is 6.67 Å². The van der Waals surface area contributed by atoms with Gasteiger partial charge in [0.05, 0.1) is 10.5 Å².